The number of anilines is 3. The van der Waals surface area contributed by atoms with Gasteiger partial charge in [-0.3, -0.25) is 39.2 Å². The largest absolute Gasteiger partial charge is 0.497 e. The van der Waals surface area contributed by atoms with Crippen LogP contribution in [0.15, 0.2) is 64.5 Å². The summed E-state index contributed by atoms with van der Waals surface area (Å²) in [5.74, 6) is -1.49. The minimum atomic E-state index is -2.74. The number of carbonyl (C=O) groups is 4. The number of rotatable bonds is 19. The number of allylic oxidation sites excluding steroid dienone is 1. The Kier molecular flexibility index (Phi) is 14.6. The molecule has 338 valence electrons. The third-order valence-electron chi connectivity index (χ3n) is 12.6. The van der Waals surface area contributed by atoms with E-state index in [1.807, 2.05) is 24.3 Å². The van der Waals surface area contributed by atoms with E-state index in [0.717, 1.165) is 104 Å². The molecule has 64 heavy (non-hydrogen) atoms. The first-order chi connectivity index (χ1) is 30.9. The van der Waals surface area contributed by atoms with Crippen LogP contribution in [0.4, 0.5) is 25.8 Å². The van der Waals surface area contributed by atoms with E-state index >= 15 is 0 Å². The lowest BCUT2D eigenvalue weighted by Crippen LogP contribution is -2.54. The predicted molar refractivity (Wildman–Crippen MR) is 246 cm³/mol. The Morgan fingerprint density at radius 3 is 2.33 bits per heavy atom. The number of imide groups is 2. The predicted octanol–water partition coefficient (Wildman–Crippen LogP) is 8.27. The molecule has 1 atom stereocenters. The van der Waals surface area contributed by atoms with E-state index in [1.54, 1.807) is 56.1 Å². The Morgan fingerprint density at radius 2 is 1.62 bits per heavy atom. The first kappa shape index (κ1) is 45.6. The van der Waals surface area contributed by atoms with Crippen molar-refractivity contribution in [3.05, 3.63) is 98.5 Å². The van der Waals surface area contributed by atoms with Gasteiger partial charge in [0, 0.05) is 91.1 Å². The number of hydrogen-bond acceptors (Lipinski definition) is 10. The molecule has 1 aromatic heterocycles. The highest BCUT2D eigenvalue weighted by Crippen LogP contribution is 2.43. The summed E-state index contributed by atoms with van der Waals surface area (Å²) in [6.45, 7) is 3.69. The summed E-state index contributed by atoms with van der Waals surface area (Å²) < 4.78 is 36.8. The van der Waals surface area contributed by atoms with Crippen LogP contribution >= 0.6 is 0 Å². The highest BCUT2D eigenvalue weighted by Gasteiger charge is 2.44. The summed E-state index contributed by atoms with van der Waals surface area (Å²) in [4.78, 5) is 70.3. The van der Waals surface area contributed by atoms with Gasteiger partial charge in [0.15, 0.2) is 0 Å². The molecule has 4 N–H and O–H groups in total. The average Bonchev–Trinajstić information content (AvgIpc) is 3.53. The van der Waals surface area contributed by atoms with Crippen LogP contribution in [0.2, 0.25) is 0 Å². The summed E-state index contributed by atoms with van der Waals surface area (Å²) >= 11 is 0. The summed E-state index contributed by atoms with van der Waals surface area (Å²) in [5.41, 5.74) is 11.6. The Labute approximate surface area is 371 Å². The van der Waals surface area contributed by atoms with Crippen molar-refractivity contribution in [2.75, 3.05) is 37.0 Å². The maximum atomic E-state index is 14.8. The van der Waals surface area contributed by atoms with E-state index < -0.39 is 36.1 Å². The Morgan fingerprint density at radius 1 is 0.906 bits per heavy atom. The fourth-order valence-electron chi connectivity index (χ4n) is 9.09. The van der Waals surface area contributed by atoms with Crippen molar-refractivity contribution in [2.45, 2.75) is 103 Å². The molecule has 1 saturated heterocycles. The number of piperidine rings is 1. The van der Waals surface area contributed by atoms with Gasteiger partial charge in [0.2, 0.25) is 11.8 Å². The van der Waals surface area contributed by atoms with Gasteiger partial charge in [-0.1, -0.05) is 44.9 Å². The zero-order chi connectivity index (χ0) is 45.5. The molecule has 7 rings (SSSR count). The number of carbonyl (C=O) groups excluding carboxylic acids is 4. The molecule has 1 fully saturated rings. The second kappa shape index (κ2) is 20.4. The highest BCUT2D eigenvalue weighted by atomic mass is 19.3. The lowest BCUT2D eigenvalue weighted by atomic mass is 9.91. The number of methoxy groups -OCH3 is 1. The van der Waals surface area contributed by atoms with Gasteiger partial charge in [-0.2, -0.15) is 0 Å². The number of nitrogens with one attached hydrogen (secondary N) is 2. The van der Waals surface area contributed by atoms with E-state index in [1.165, 1.54) is 6.20 Å². The standard InChI is InChI=1S/C49H57F2N7O6/c1-30-22-39-42(56(2)47(30)61)25-34(64-3)26-43(39)57-21-13-14-31-23-36(37(45(50)51)27-41(31)57)32(28-52)29-53-19-11-9-7-5-4-6-8-10-12-20-54-33-15-16-35-38(24-33)49(63)58(48(35)62)40-17-18-44(59)55-46(40)60/h15-16,22-29,40,45,54H,4-14,17-21,52H2,1-3H3,(H,55,59,60)/b32-28+,53-29?. The van der Waals surface area contributed by atoms with Gasteiger partial charge < -0.3 is 25.3 Å². The Balaban J connectivity index is 0.833. The topological polar surface area (TPSA) is 168 Å². The van der Waals surface area contributed by atoms with Gasteiger partial charge in [-0.15, -0.1) is 0 Å². The Bertz CT molecular complexity index is 2570. The molecule has 0 aliphatic carbocycles. The van der Waals surface area contributed by atoms with Crippen molar-refractivity contribution in [1.82, 2.24) is 14.8 Å². The number of benzene rings is 3. The van der Waals surface area contributed by atoms with Crippen LogP contribution in [0.1, 0.15) is 126 Å². The molecule has 0 bridgehead atoms. The number of nitrogens with zero attached hydrogens (tertiary/aromatic N) is 4. The molecule has 3 aliphatic rings. The van der Waals surface area contributed by atoms with E-state index in [2.05, 4.69) is 20.5 Å². The van der Waals surface area contributed by atoms with Crippen molar-refractivity contribution in [1.29, 1.82) is 0 Å². The molecule has 1 unspecified atom stereocenters. The third kappa shape index (κ3) is 9.73. The van der Waals surface area contributed by atoms with E-state index in [-0.39, 0.29) is 35.1 Å². The quantitative estimate of drug-likeness (QED) is 0.0477. The fourth-order valence-corrected chi connectivity index (χ4v) is 9.09. The molecule has 4 aromatic rings. The monoisotopic (exact) mass is 877 g/mol. The molecule has 4 heterocycles. The van der Waals surface area contributed by atoms with Crippen LogP contribution in [-0.2, 0) is 23.1 Å². The number of alkyl halides is 2. The first-order valence-electron chi connectivity index (χ1n) is 22.3. The van der Waals surface area contributed by atoms with Crippen LogP contribution in [0.3, 0.4) is 0 Å². The highest BCUT2D eigenvalue weighted by molar-refractivity contribution is 6.23. The van der Waals surface area contributed by atoms with Crippen LogP contribution in [0.5, 0.6) is 5.75 Å². The van der Waals surface area contributed by atoms with Crippen LogP contribution in [0.25, 0.3) is 16.5 Å². The summed E-state index contributed by atoms with van der Waals surface area (Å²) in [6, 6.07) is 13.0. The number of pyridine rings is 1. The van der Waals surface area contributed by atoms with Gasteiger partial charge in [-0.05, 0) is 86.6 Å². The van der Waals surface area contributed by atoms with Crippen LogP contribution < -0.4 is 31.6 Å². The van der Waals surface area contributed by atoms with E-state index in [4.69, 9.17) is 10.5 Å². The van der Waals surface area contributed by atoms with Gasteiger partial charge >= 0.3 is 0 Å². The zero-order valence-electron chi connectivity index (χ0n) is 36.8. The number of amides is 4. The third-order valence-corrected chi connectivity index (χ3v) is 12.6. The average molecular weight is 878 g/mol. The maximum absolute atomic E-state index is 14.8. The van der Waals surface area contributed by atoms with Crippen molar-refractivity contribution in [3.63, 3.8) is 0 Å². The van der Waals surface area contributed by atoms with Gasteiger partial charge in [-0.25, -0.2) is 8.78 Å². The second-order valence-corrected chi connectivity index (χ2v) is 16.9. The maximum Gasteiger partial charge on any atom is 0.264 e. The molecule has 3 aromatic carbocycles. The SMILES string of the molecule is COc1cc(N2CCCc3cc(/C(C=NCCCCCCCCCCCNc4ccc5c(c4)C(=O)N(C4CCC(=O)NC4=O)C5=O)=C/N)c(C(F)F)cc32)c2cc(C)c(=O)n(C)c2c1. The van der Waals surface area contributed by atoms with E-state index in [0.29, 0.717) is 46.7 Å². The molecule has 13 nitrogen and oxygen atoms in total. The minimum absolute atomic E-state index is 0.0800. The zero-order valence-corrected chi connectivity index (χ0v) is 36.8. The number of hydrogen-bond donors (Lipinski definition) is 3. The second-order valence-electron chi connectivity index (χ2n) is 16.9. The molecular weight excluding hydrogens is 821 g/mol. The molecule has 0 spiro atoms. The summed E-state index contributed by atoms with van der Waals surface area (Å²) in [6.07, 6.45) is 11.5. The van der Waals surface area contributed by atoms with Crippen molar-refractivity contribution in [2.24, 2.45) is 17.8 Å². The van der Waals surface area contributed by atoms with Gasteiger partial charge in [0.1, 0.15) is 11.8 Å². The lowest BCUT2D eigenvalue weighted by molar-refractivity contribution is -0.136. The first-order valence-corrected chi connectivity index (χ1v) is 22.3. The minimum Gasteiger partial charge on any atom is -0.497 e. The number of aliphatic imine (C=N–C) groups is 1. The molecular formula is C49H57F2N7O6. The smallest absolute Gasteiger partial charge is 0.264 e. The van der Waals surface area contributed by atoms with Gasteiger partial charge in [0.05, 0.1) is 29.4 Å². The molecule has 15 heteroatoms. The summed E-state index contributed by atoms with van der Waals surface area (Å²) in [7, 11) is 3.29. The van der Waals surface area contributed by atoms with Crippen molar-refractivity contribution < 1.29 is 32.7 Å². The molecule has 4 amide bonds. The van der Waals surface area contributed by atoms with Crippen LogP contribution in [-0.4, -0.2) is 72.1 Å². The Hall–Kier alpha value is -6.38. The number of unbranched alkanes of at least 4 members (excludes halogenated alkanes) is 8. The number of nitrogens with two attached hydrogens (primary N) is 1. The molecule has 0 radical (unpaired) electrons. The number of aromatic nitrogens is 1. The van der Waals surface area contributed by atoms with Crippen molar-refractivity contribution >= 4 is 63.4 Å². The van der Waals surface area contributed by atoms with Crippen molar-refractivity contribution in [3.8, 4) is 5.75 Å². The fraction of sp³-hybridized carbons (Fsp3) is 0.429. The number of aryl methyl sites for hydroxylation is 3. The van der Waals surface area contributed by atoms with Crippen LogP contribution in [0, 0.1) is 6.92 Å². The number of halogens is 2. The number of fused-ring (bicyclic) bond motifs is 3. The molecule has 0 saturated carbocycles. The lowest BCUT2D eigenvalue weighted by Gasteiger charge is -2.34. The number of ether oxygens (including phenoxy) is 1. The normalized spacial score (nSPS) is 16.6. The summed E-state index contributed by atoms with van der Waals surface area (Å²) in [5, 5.41) is 6.39. The van der Waals surface area contributed by atoms with Gasteiger partial charge in [0.25, 0.3) is 23.8 Å². The van der Waals surface area contributed by atoms with E-state index in [9.17, 15) is 32.8 Å². The molecule has 3 aliphatic heterocycles.